The molecule has 0 saturated carbocycles. The first kappa shape index (κ1) is 32.2. The molecule has 0 saturated heterocycles. The topological polar surface area (TPSA) is 83.5 Å². The van der Waals surface area contributed by atoms with Crippen molar-refractivity contribution in [3.63, 3.8) is 0 Å². The summed E-state index contributed by atoms with van der Waals surface area (Å²) in [6.07, 6.45) is -4.67. The smallest absolute Gasteiger partial charge is 0.454 e. The molecule has 232 valence electrons. The number of carbonyl (C=O) groups is 3. The fraction of sp³-hybridized carbons (Fsp3) is 0.108. The van der Waals surface area contributed by atoms with Crippen LogP contribution in [0.3, 0.4) is 0 Å². The monoisotopic (exact) mass is 641 g/mol. The molecule has 0 bridgehead atoms. The van der Waals surface area contributed by atoms with Gasteiger partial charge in [-0.1, -0.05) is 90.5 Å². The van der Waals surface area contributed by atoms with Crippen LogP contribution in [0.5, 0.6) is 0 Å². The lowest BCUT2D eigenvalue weighted by molar-refractivity contribution is -0.117. The van der Waals surface area contributed by atoms with Crippen LogP contribution in [0.2, 0.25) is 5.02 Å². The molecule has 1 atom stereocenters. The van der Waals surface area contributed by atoms with Gasteiger partial charge in [0.25, 0.3) is 5.78 Å². The normalized spacial score (nSPS) is 11.9. The number of hydrogen-bond acceptors (Lipinski definition) is 3. The van der Waals surface area contributed by atoms with Gasteiger partial charge < -0.3 is 10.4 Å². The summed E-state index contributed by atoms with van der Waals surface area (Å²) in [5.41, 5.74) is 6.01. The van der Waals surface area contributed by atoms with Crippen LogP contribution in [0.15, 0.2) is 115 Å². The molecule has 2 N–H and O–H groups in total. The molecule has 5 rings (SSSR count). The van der Waals surface area contributed by atoms with E-state index in [4.69, 9.17) is 11.6 Å². The van der Waals surface area contributed by atoms with Crippen molar-refractivity contribution in [3.8, 4) is 22.3 Å². The highest BCUT2D eigenvalue weighted by Gasteiger charge is 2.39. The van der Waals surface area contributed by atoms with Gasteiger partial charge in [0.15, 0.2) is 0 Å². The van der Waals surface area contributed by atoms with Gasteiger partial charge in [0.2, 0.25) is 5.91 Å². The lowest BCUT2D eigenvalue weighted by atomic mass is 9.89. The fourth-order valence-corrected chi connectivity index (χ4v) is 5.41. The number of Topliss-reactive ketones (excluding diaryl/α,β-unsaturated/α-hetero) is 1. The van der Waals surface area contributed by atoms with Crippen LogP contribution in [-0.2, 0) is 11.2 Å². The number of carboxylic acid groups (broad SMARTS) is 1. The quantitative estimate of drug-likeness (QED) is 0.157. The molecule has 0 radical (unpaired) electrons. The number of nitrogens with one attached hydrogen (secondary N) is 1. The predicted octanol–water partition coefficient (Wildman–Crippen LogP) is 9.39. The molecule has 0 aliphatic carbocycles. The number of aromatic carboxylic acids is 1. The number of alkyl halides is 3. The summed E-state index contributed by atoms with van der Waals surface area (Å²) in [5.74, 6) is -3.89. The number of anilines is 1. The Morgan fingerprint density at radius 2 is 1.28 bits per heavy atom. The van der Waals surface area contributed by atoms with E-state index in [-0.39, 0.29) is 17.9 Å². The first-order chi connectivity index (χ1) is 21.9. The molecule has 9 heteroatoms. The summed E-state index contributed by atoms with van der Waals surface area (Å²) in [5, 5.41) is 12.9. The second-order valence-electron chi connectivity index (χ2n) is 10.8. The van der Waals surface area contributed by atoms with Crippen molar-refractivity contribution in [1.82, 2.24) is 0 Å². The van der Waals surface area contributed by atoms with E-state index in [9.17, 15) is 32.7 Å². The van der Waals surface area contributed by atoms with Gasteiger partial charge in [-0.15, -0.1) is 0 Å². The van der Waals surface area contributed by atoms with Crippen molar-refractivity contribution < 1.29 is 32.7 Å². The van der Waals surface area contributed by atoms with Gasteiger partial charge in [0.1, 0.15) is 0 Å². The van der Waals surface area contributed by atoms with Crippen molar-refractivity contribution in [2.45, 2.75) is 25.4 Å². The first-order valence-electron chi connectivity index (χ1n) is 14.2. The number of ketones is 1. The van der Waals surface area contributed by atoms with Crippen LogP contribution in [0.4, 0.5) is 18.9 Å². The van der Waals surface area contributed by atoms with Crippen molar-refractivity contribution in [2.75, 3.05) is 5.32 Å². The summed E-state index contributed by atoms with van der Waals surface area (Å²) in [7, 11) is 0. The molecule has 0 heterocycles. The third-order valence-electron chi connectivity index (χ3n) is 7.66. The highest BCUT2D eigenvalue weighted by Crippen LogP contribution is 2.30. The predicted molar refractivity (Wildman–Crippen MR) is 172 cm³/mol. The molecule has 1 amide bonds. The van der Waals surface area contributed by atoms with Gasteiger partial charge in [0.05, 0.1) is 11.5 Å². The van der Waals surface area contributed by atoms with Crippen LogP contribution in [-0.4, -0.2) is 28.9 Å². The van der Waals surface area contributed by atoms with E-state index >= 15 is 0 Å². The third kappa shape index (κ3) is 7.53. The number of amides is 1. The standard InChI is InChI=1S/C37H27ClF3NO4/c1-22-20-30(38)16-19-32(22)26-14-17-31(18-15-26)42-35(44)33(21-23-2-4-29(5-3-23)36(45)46)27-10-6-24(7-11-27)25-8-12-28(13-9-25)34(43)37(39,40)41/h2-20,33H,21H2,1H3,(H,42,44)(H,45,46)/t33-/m1/s1. The van der Waals surface area contributed by atoms with Gasteiger partial charge in [-0.05, 0) is 88.7 Å². The highest BCUT2D eigenvalue weighted by molar-refractivity contribution is 6.30. The van der Waals surface area contributed by atoms with Crippen molar-refractivity contribution in [3.05, 3.63) is 148 Å². The molecule has 0 aliphatic heterocycles. The fourth-order valence-electron chi connectivity index (χ4n) is 5.18. The van der Waals surface area contributed by atoms with Gasteiger partial charge >= 0.3 is 12.1 Å². The Bertz CT molecular complexity index is 1880. The molecular weight excluding hydrogens is 615 g/mol. The Balaban J connectivity index is 1.39. The summed E-state index contributed by atoms with van der Waals surface area (Å²) in [6.45, 7) is 1.97. The van der Waals surface area contributed by atoms with Crippen LogP contribution in [0.25, 0.3) is 22.3 Å². The molecule has 5 nitrogen and oxygen atoms in total. The maximum Gasteiger partial charge on any atom is 0.454 e. The minimum absolute atomic E-state index is 0.132. The lowest BCUT2D eigenvalue weighted by Crippen LogP contribution is -2.23. The van der Waals surface area contributed by atoms with Crippen molar-refractivity contribution in [1.29, 1.82) is 0 Å². The second kappa shape index (κ2) is 13.4. The van der Waals surface area contributed by atoms with Crippen LogP contribution in [0.1, 0.15) is 43.3 Å². The van der Waals surface area contributed by atoms with E-state index in [2.05, 4.69) is 5.32 Å². The number of carbonyl (C=O) groups excluding carboxylic acids is 2. The largest absolute Gasteiger partial charge is 0.478 e. The molecule has 0 spiro atoms. The summed E-state index contributed by atoms with van der Waals surface area (Å²) >= 11 is 6.10. The third-order valence-corrected chi connectivity index (χ3v) is 7.90. The van der Waals surface area contributed by atoms with Crippen molar-refractivity contribution >= 4 is 34.9 Å². The van der Waals surface area contributed by atoms with Crippen LogP contribution < -0.4 is 5.32 Å². The number of halogens is 4. The lowest BCUT2D eigenvalue weighted by Gasteiger charge is -2.19. The van der Waals surface area contributed by atoms with Crippen molar-refractivity contribution in [2.24, 2.45) is 0 Å². The van der Waals surface area contributed by atoms with Gasteiger partial charge in [-0.2, -0.15) is 13.2 Å². The summed E-state index contributed by atoms with van der Waals surface area (Å²) in [4.78, 5) is 36.6. The number of carboxylic acids is 1. The van der Waals surface area contributed by atoms with Crippen LogP contribution in [0, 0.1) is 6.92 Å². The van der Waals surface area contributed by atoms with E-state index in [1.54, 1.807) is 36.4 Å². The first-order valence-corrected chi connectivity index (χ1v) is 14.6. The zero-order valence-electron chi connectivity index (χ0n) is 24.4. The molecule has 0 aliphatic rings. The van der Waals surface area contributed by atoms with Gasteiger partial charge in [0, 0.05) is 16.3 Å². The summed E-state index contributed by atoms with van der Waals surface area (Å²) < 4.78 is 38.4. The van der Waals surface area contributed by atoms with E-state index in [1.807, 2.05) is 49.4 Å². The molecule has 0 unspecified atom stereocenters. The zero-order chi connectivity index (χ0) is 33.0. The maximum absolute atomic E-state index is 13.7. The van der Waals surface area contributed by atoms with E-state index in [0.717, 1.165) is 34.4 Å². The number of rotatable bonds is 9. The molecular formula is C37H27ClF3NO4. The van der Waals surface area contributed by atoms with E-state index < -0.39 is 29.4 Å². The Kier molecular flexibility index (Phi) is 9.39. The van der Waals surface area contributed by atoms with E-state index in [0.29, 0.717) is 27.4 Å². The van der Waals surface area contributed by atoms with Crippen LogP contribution >= 0.6 is 11.6 Å². The maximum atomic E-state index is 13.7. The molecule has 0 fully saturated rings. The average molecular weight is 642 g/mol. The average Bonchev–Trinajstić information content (AvgIpc) is 3.04. The minimum atomic E-state index is -4.95. The number of aryl methyl sites for hydroxylation is 1. The molecule has 5 aromatic carbocycles. The molecule has 5 aromatic rings. The number of benzene rings is 5. The van der Waals surface area contributed by atoms with Gasteiger partial charge in [-0.25, -0.2) is 4.79 Å². The molecule has 46 heavy (non-hydrogen) atoms. The second-order valence-corrected chi connectivity index (χ2v) is 11.2. The Hall–Kier alpha value is -5.21. The molecule has 0 aromatic heterocycles. The van der Waals surface area contributed by atoms with Gasteiger partial charge in [-0.3, -0.25) is 9.59 Å². The Labute approximate surface area is 268 Å². The van der Waals surface area contributed by atoms with E-state index in [1.165, 1.54) is 24.3 Å². The summed E-state index contributed by atoms with van der Waals surface area (Å²) in [6, 6.07) is 31.6. The number of hydrogen-bond donors (Lipinski definition) is 2. The zero-order valence-corrected chi connectivity index (χ0v) is 25.2. The Morgan fingerprint density at radius 1 is 0.739 bits per heavy atom. The minimum Gasteiger partial charge on any atom is -0.478 e. The Morgan fingerprint density at radius 3 is 1.83 bits per heavy atom. The highest BCUT2D eigenvalue weighted by atomic mass is 35.5. The SMILES string of the molecule is Cc1cc(Cl)ccc1-c1ccc(NC(=O)[C@H](Cc2ccc(C(=O)O)cc2)c2ccc(-c3ccc(C(=O)C(F)(F)F)cc3)cc2)cc1.